The van der Waals surface area contributed by atoms with Crippen molar-refractivity contribution in [2.24, 2.45) is 7.05 Å². The minimum absolute atomic E-state index is 0.0376. The number of carboxylic acids is 1. The van der Waals surface area contributed by atoms with Crippen molar-refractivity contribution >= 4 is 28.4 Å². The van der Waals surface area contributed by atoms with Crippen LogP contribution in [-0.4, -0.2) is 49.9 Å². The van der Waals surface area contributed by atoms with Gasteiger partial charge in [-0.3, -0.25) is 14.9 Å². The summed E-state index contributed by atoms with van der Waals surface area (Å²) >= 11 is 0. The highest BCUT2D eigenvalue weighted by molar-refractivity contribution is 5.86. The van der Waals surface area contributed by atoms with E-state index in [9.17, 15) is 20.0 Å². The molecule has 0 amide bonds. The largest absolute Gasteiger partial charge is 0.481 e. The number of nitro groups is 1. The Kier molecular flexibility index (Phi) is 4.10. The summed E-state index contributed by atoms with van der Waals surface area (Å²) in [5.74, 6) is -0.347. The van der Waals surface area contributed by atoms with Crippen molar-refractivity contribution in [3.05, 3.63) is 28.1 Å². The fraction of sp³-hybridized carbons (Fsp3) is 0.467. The molecule has 0 spiro atoms. The van der Waals surface area contributed by atoms with Gasteiger partial charge < -0.3 is 19.7 Å². The highest BCUT2D eigenvalue weighted by Crippen LogP contribution is 2.35. The smallest absolute Gasteiger partial charge is 0.303 e. The number of hydrogen-bond donors (Lipinski definition) is 2. The van der Waals surface area contributed by atoms with Crippen molar-refractivity contribution in [1.82, 2.24) is 9.55 Å². The van der Waals surface area contributed by atoms with Gasteiger partial charge in [0.1, 0.15) is 11.5 Å². The monoisotopic (exact) mass is 334 g/mol. The Morgan fingerprint density at radius 2 is 2.25 bits per heavy atom. The molecule has 1 aromatic heterocycles. The number of carboxylic acid groups (broad SMARTS) is 1. The fourth-order valence-corrected chi connectivity index (χ4v) is 3.07. The predicted octanol–water partition coefficient (Wildman–Crippen LogP) is 1.07. The van der Waals surface area contributed by atoms with E-state index in [1.807, 2.05) is 0 Å². The number of imidazole rings is 1. The van der Waals surface area contributed by atoms with Crippen molar-refractivity contribution < 1.29 is 19.9 Å². The third-order valence-corrected chi connectivity index (χ3v) is 4.33. The van der Waals surface area contributed by atoms with Crippen LogP contribution in [-0.2, 0) is 18.3 Å². The quantitative estimate of drug-likeness (QED) is 0.619. The average Bonchev–Trinajstić information content (AvgIpc) is 3.08. The topological polar surface area (TPSA) is 122 Å². The molecule has 1 atom stereocenters. The van der Waals surface area contributed by atoms with Crippen LogP contribution >= 0.6 is 0 Å². The average molecular weight is 334 g/mol. The molecule has 2 heterocycles. The molecule has 9 heteroatoms. The van der Waals surface area contributed by atoms with Crippen molar-refractivity contribution in [2.75, 3.05) is 18.0 Å². The Morgan fingerprint density at radius 1 is 1.50 bits per heavy atom. The number of aryl methyl sites for hydroxylation is 2. The molecule has 2 N–H and O–H groups in total. The minimum Gasteiger partial charge on any atom is -0.481 e. The second kappa shape index (κ2) is 6.08. The second-order valence-corrected chi connectivity index (χ2v) is 5.96. The van der Waals surface area contributed by atoms with Gasteiger partial charge in [0.25, 0.3) is 5.69 Å². The molecule has 1 aromatic carbocycles. The number of β-amino-alcohol motifs (C(OH)–C–C–N with tert-alkyl or cyclic N) is 1. The summed E-state index contributed by atoms with van der Waals surface area (Å²) in [4.78, 5) is 28.0. The van der Waals surface area contributed by atoms with Crippen molar-refractivity contribution in [2.45, 2.75) is 25.4 Å². The Hall–Kier alpha value is -2.68. The first-order chi connectivity index (χ1) is 11.4. The molecule has 0 radical (unpaired) electrons. The summed E-state index contributed by atoms with van der Waals surface area (Å²) < 4.78 is 1.69. The lowest BCUT2D eigenvalue weighted by Crippen LogP contribution is -2.22. The van der Waals surface area contributed by atoms with Gasteiger partial charge in [-0.1, -0.05) is 0 Å². The molecular formula is C15H18N4O5. The lowest BCUT2D eigenvalue weighted by atomic mass is 10.2. The number of aliphatic carboxylic acids is 1. The van der Waals surface area contributed by atoms with E-state index in [2.05, 4.69) is 4.98 Å². The van der Waals surface area contributed by atoms with Gasteiger partial charge >= 0.3 is 5.97 Å². The van der Waals surface area contributed by atoms with Crippen LogP contribution in [0.2, 0.25) is 0 Å². The van der Waals surface area contributed by atoms with E-state index in [0.29, 0.717) is 42.1 Å². The van der Waals surface area contributed by atoms with E-state index in [1.54, 1.807) is 22.6 Å². The van der Waals surface area contributed by atoms with Gasteiger partial charge in [0, 0.05) is 32.6 Å². The third kappa shape index (κ3) is 2.90. The molecule has 1 aliphatic rings. The minimum atomic E-state index is -0.917. The maximum Gasteiger partial charge on any atom is 0.303 e. The van der Waals surface area contributed by atoms with E-state index in [4.69, 9.17) is 5.11 Å². The van der Waals surface area contributed by atoms with E-state index >= 15 is 0 Å². The number of benzene rings is 1. The van der Waals surface area contributed by atoms with E-state index < -0.39 is 17.0 Å². The molecule has 1 saturated heterocycles. The van der Waals surface area contributed by atoms with Gasteiger partial charge in [0.15, 0.2) is 0 Å². The predicted molar refractivity (Wildman–Crippen MR) is 86.2 cm³/mol. The number of fused-ring (bicyclic) bond motifs is 1. The Morgan fingerprint density at radius 3 is 2.83 bits per heavy atom. The number of aliphatic hydroxyl groups is 1. The second-order valence-electron chi connectivity index (χ2n) is 5.96. The number of nitro benzene ring substituents is 1. The van der Waals surface area contributed by atoms with Gasteiger partial charge in [-0.15, -0.1) is 0 Å². The van der Waals surface area contributed by atoms with Crippen molar-refractivity contribution in [1.29, 1.82) is 0 Å². The zero-order valence-electron chi connectivity index (χ0n) is 13.2. The molecule has 1 fully saturated rings. The molecule has 9 nitrogen and oxygen atoms in total. The molecule has 128 valence electrons. The number of hydrogen-bond acceptors (Lipinski definition) is 6. The fourth-order valence-electron chi connectivity index (χ4n) is 3.07. The number of aliphatic hydroxyl groups excluding tert-OH is 1. The molecule has 2 aromatic rings. The molecule has 1 aliphatic heterocycles. The van der Waals surface area contributed by atoms with Gasteiger partial charge in [-0.25, -0.2) is 4.98 Å². The van der Waals surface area contributed by atoms with E-state index in [-0.39, 0.29) is 18.5 Å². The van der Waals surface area contributed by atoms with Gasteiger partial charge in [-0.05, 0) is 12.5 Å². The highest BCUT2D eigenvalue weighted by atomic mass is 16.6. The number of aromatic nitrogens is 2. The van der Waals surface area contributed by atoms with Crippen molar-refractivity contribution in [3.63, 3.8) is 0 Å². The first kappa shape index (κ1) is 16.2. The van der Waals surface area contributed by atoms with Gasteiger partial charge in [0.2, 0.25) is 0 Å². The highest BCUT2D eigenvalue weighted by Gasteiger charge is 2.28. The molecular weight excluding hydrogens is 316 g/mol. The lowest BCUT2D eigenvalue weighted by Gasteiger charge is -2.17. The first-order valence-electron chi connectivity index (χ1n) is 7.65. The van der Waals surface area contributed by atoms with Crippen LogP contribution in [0.1, 0.15) is 18.7 Å². The summed E-state index contributed by atoms with van der Waals surface area (Å²) in [6.07, 6.45) is 0.285. The molecule has 24 heavy (non-hydrogen) atoms. The zero-order chi connectivity index (χ0) is 17.4. The first-order valence-corrected chi connectivity index (χ1v) is 7.65. The molecule has 0 saturated carbocycles. The summed E-state index contributed by atoms with van der Waals surface area (Å²) in [6, 6.07) is 3.11. The summed E-state index contributed by atoms with van der Waals surface area (Å²) in [7, 11) is 1.72. The Bertz CT molecular complexity index is 816. The van der Waals surface area contributed by atoms with Crippen LogP contribution in [0.3, 0.4) is 0 Å². The maximum absolute atomic E-state index is 11.4. The van der Waals surface area contributed by atoms with E-state index in [1.165, 1.54) is 6.07 Å². The van der Waals surface area contributed by atoms with Crippen LogP contribution in [0, 0.1) is 10.1 Å². The third-order valence-electron chi connectivity index (χ3n) is 4.33. The number of carbonyl (C=O) groups is 1. The molecule has 0 aliphatic carbocycles. The number of rotatable bonds is 5. The van der Waals surface area contributed by atoms with Crippen LogP contribution in [0.4, 0.5) is 11.4 Å². The van der Waals surface area contributed by atoms with Crippen LogP contribution in [0.5, 0.6) is 0 Å². The standard InChI is InChI=1S/C15H18N4O5/c1-17-11-7-13(19(23)24)12(18-5-4-9(20)8-18)6-10(11)16-14(17)2-3-15(21)22/h6-7,9,20H,2-5,8H2,1H3,(H,21,22). The SMILES string of the molecule is Cn1c(CCC(=O)O)nc2cc(N3CCC(O)C3)c([N+](=O)[O-])cc21. The van der Waals surface area contributed by atoms with E-state index in [0.717, 1.165) is 0 Å². The van der Waals surface area contributed by atoms with Crippen LogP contribution < -0.4 is 4.90 Å². The lowest BCUT2D eigenvalue weighted by molar-refractivity contribution is -0.384. The molecule has 3 rings (SSSR count). The van der Waals surface area contributed by atoms with Crippen LogP contribution in [0.15, 0.2) is 12.1 Å². The molecule has 1 unspecified atom stereocenters. The summed E-state index contributed by atoms with van der Waals surface area (Å²) in [5.41, 5.74) is 1.57. The molecule has 0 bridgehead atoms. The number of anilines is 1. The number of nitrogens with zero attached hydrogens (tertiary/aromatic N) is 4. The Balaban J connectivity index is 2.06. The maximum atomic E-state index is 11.4. The Labute approximate surface area is 137 Å². The van der Waals surface area contributed by atoms with Gasteiger partial charge in [-0.2, -0.15) is 0 Å². The van der Waals surface area contributed by atoms with Gasteiger partial charge in [0.05, 0.1) is 28.5 Å². The van der Waals surface area contributed by atoms with Crippen molar-refractivity contribution in [3.8, 4) is 0 Å². The van der Waals surface area contributed by atoms with Crippen LogP contribution in [0.25, 0.3) is 11.0 Å². The summed E-state index contributed by atoms with van der Waals surface area (Å²) in [5, 5.41) is 29.9. The summed E-state index contributed by atoms with van der Waals surface area (Å²) in [6.45, 7) is 0.900. The normalized spacial score (nSPS) is 17.6. The zero-order valence-corrected chi connectivity index (χ0v) is 13.2.